The number of anilines is 2. The predicted octanol–water partition coefficient (Wildman–Crippen LogP) is 4.46. The van der Waals surface area contributed by atoms with Crippen molar-refractivity contribution in [2.45, 2.75) is 52.0 Å². The normalized spacial score (nSPS) is 13.9. The minimum absolute atomic E-state index is 0.0627. The van der Waals surface area contributed by atoms with Gasteiger partial charge in [-0.25, -0.2) is 9.97 Å². The third-order valence-electron chi connectivity index (χ3n) is 6.89. The monoisotopic (exact) mass is 460 g/mol. The second-order valence-electron chi connectivity index (χ2n) is 9.04. The van der Waals surface area contributed by atoms with Gasteiger partial charge in [-0.1, -0.05) is 38.5 Å². The van der Waals surface area contributed by atoms with Gasteiger partial charge in [0.25, 0.3) is 5.91 Å². The van der Waals surface area contributed by atoms with Gasteiger partial charge in [0.15, 0.2) is 0 Å². The molecule has 2 aromatic carbocycles. The summed E-state index contributed by atoms with van der Waals surface area (Å²) in [6.07, 6.45) is 6.86. The number of nitrogen functional groups attached to an aromatic ring is 1. The fraction of sp³-hybridized carbons (Fsp3) is 0.444. The first kappa shape index (κ1) is 24.1. The van der Waals surface area contributed by atoms with Gasteiger partial charge >= 0.3 is 0 Å². The number of carbonyl (C=O) groups excluding carboxylic acids is 1. The SMILES string of the molecule is CCN(CC)CCCCC(N)CCCN1C(=O)c2cccc3c(-c4ccnc(N)n4)ccc1c23. The molecular formula is C27H36N6O. The molecule has 0 spiro atoms. The zero-order valence-electron chi connectivity index (χ0n) is 20.3. The molecule has 0 aliphatic carbocycles. The van der Waals surface area contributed by atoms with Crippen LogP contribution in [0.4, 0.5) is 11.6 Å². The van der Waals surface area contributed by atoms with E-state index in [0.29, 0.717) is 6.54 Å². The summed E-state index contributed by atoms with van der Waals surface area (Å²) in [6.45, 7) is 8.45. The molecule has 1 aromatic heterocycles. The number of benzene rings is 2. The van der Waals surface area contributed by atoms with Gasteiger partial charge in [0.05, 0.1) is 11.4 Å². The van der Waals surface area contributed by atoms with Gasteiger partial charge in [-0.15, -0.1) is 0 Å². The number of nitrogens with zero attached hydrogens (tertiary/aromatic N) is 4. The number of aromatic nitrogens is 2. The van der Waals surface area contributed by atoms with Gasteiger partial charge in [-0.3, -0.25) is 4.79 Å². The number of rotatable bonds is 12. The van der Waals surface area contributed by atoms with Crippen LogP contribution in [0.5, 0.6) is 0 Å². The average molecular weight is 461 g/mol. The highest BCUT2D eigenvalue weighted by Crippen LogP contribution is 2.41. The van der Waals surface area contributed by atoms with Crippen molar-refractivity contribution in [1.82, 2.24) is 14.9 Å². The quantitative estimate of drug-likeness (QED) is 0.387. The Kier molecular flexibility index (Phi) is 7.75. The van der Waals surface area contributed by atoms with Gasteiger partial charge in [0.1, 0.15) is 0 Å². The van der Waals surface area contributed by atoms with Gasteiger partial charge < -0.3 is 21.3 Å². The average Bonchev–Trinajstić information content (AvgIpc) is 3.12. The Bertz CT molecular complexity index is 1140. The molecule has 4 N–H and O–H groups in total. The minimum atomic E-state index is 0.0627. The maximum atomic E-state index is 13.2. The molecule has 2 heterocycles. The Morgan fingerprint density at radius 3 is 2.56 bits per heavy atom. The molecule has 1 unspecified atom stereocenters. The summed E-state index contributed by atoms with van der Waals surface area (Å²) in [5.41, 5.74) is 15.6. The standard InChI is InChI=1S/C27H36N6O/c1-3-32(4-2)17-6-5-9-19(28)10-8-18-33-24-14-13-20(23-15-16-30-27(29)31-23)21-11-7-12-22(25(21)24)26(33)34/h7,11-16,19H,3-6,8-10,17-18,28H2,1-2H3,(H2,29,30,31). The minimum Gasteiger partial charge on any atom is -0.368 e. The molecule has 3 aromatic rings. The van der Waals surface area contributed by atoms with Crippen molar-refractivity contribution in [3.8, 4) is 11.3 Å². The number of carbonyl (C=O) groups is 1. The predicted molar refractivity (Wildman–Crippen MR) is 140 cm³/mol. The van der Waals surface area contributed by atoms with E-state index in [1.807, 2.05) is 41.3 Å². The smallest absolute Gasteiger partial charge is 0.258 e. The van der Waals surface area contributed by atoms with Crippen LogP contribution in [0.25, 0.3) is 22.0 Å². The molecule has 7 heteroatoms. The molecule has 0 saturated heterocycles. The number of nitrogens with two attached hydrogens (primary N) is 2. The summed E-state index contributed by atoms with van der Waals surface area (Å²) < 4.78 is 0. The molecule has 1 aliphatic heterocycles. The largest absolute Gasteiger partial charge is 0.368 e. The van der Waals surface area contributed by atoms with Crippen LogP contribution in [0.1, 0.15) is 56.3 Å². The van der Waals surface area contributed by atoms with Crippen molar-refractivity contribution in [2.75, 3.05) is 36.8 Å². The number of unbranched alkanes of at least 4 members (excludes halogenated alkanes) is 1. The zero-order chi connectivity index (χ0) is 24.1. The van der Waals surface area contributed by atoms with Crippen LogP contribution in [0.15, 0.2) is 42.6 Å². The number of hydrogen-bond acceptors (Lipinski definition) is 6. The van der Waals surface area contributed by atoms with Gasteiger partial charge in [0.2, 0.25) is 5.95 Å². The Balaban J connectivity index is 1.40. The molecule has 0 fully saturated rings. The lowest BCUT2D eigenvalue weighted by Crippen LogP contribution is -2.29. The summed E-state index contributed by atoms with van der Waals surface area (Å²) in [5, 5.41) is 2.00. The van der Waals surface area contributed by atoms with E-state index >= 15 is 0 Å². The molecule has 0 saturated carbocycles. The third-order valence-corrected chi connectivity index (χ3v) is 6.89. The van der Waals surface area contributed by atoms with Crippen LogP contribution in [-0.4, -0.2) is 53.0 Å². The van der Waals surface area contributed by atoms with Crippen LogP contribution in [0.3, 0.4) is 0 Å². The van der Waals surface area contributed by atoms with Crippen LogP contribution in [0.2, 0.25) is 0 Å². The summed E-state index contributed by atoms with van der Waals surface area (Å²) in [4.78, 5) is 26.0. The second-order valence-corrected chi connectivity index (χ2v) is 9.04. The van der Waals surface area contributed by atoms with Gasteiger partial charge in [0, 0.05) is 35.3 Å². The Morgan fingerprint density at radius 2 is 1.79 bits per heavy atom. The van der Waals surface area contributed by atoms with E-state index in [1.165, 1.54) is 6.42 Å². The lowest BCUT2D eigenvalue weighted by Gasteiger charge is -2.20. The molecule has 1 atom stereocenters. The van der Waals surface area contributed by atoms with E-state index in [-0.39, 0.29) is 17.9 Å². The molecule has 7 nitrogen and oxygen atoms in total. The highest BCUT2D eigenvalue weighted by molar-refractivity contribution is 6.26. The first-order chi connectivity index (χ1) is 16.5. The fourth-order valence-electron chi connectivity index (χ4n) is 4.95. The molecule has 1 aliphatic rings. The van der Waals surface area contributed by atoms with Crippen molar-refractivity contribution >= 4 is 28.3 Å². The fourth-order valence-corrected chi connectivity index (χ4v) is 4.95. The van der Waals surface area contributed by atoms with Crippen molar-refractivity contribution in [3.05, 3.63) is 48.2 Å². The van der Waals surface area contributed by atoms with E-state index in [1.54, 1.807) is 6.20 Å². The summed E-state index contributed by atoms with van der Waals surface area (Å²) in [5.74, 6) is 0.301. The third kappa shape index (κ3) is 5.05. The zero-order valence-corrected chi connectivity index (χ0v) is 20.3. The molecular weight excluding hydrogens is 424 g/mol. The molecule has 1 amide bonds. The molecule has 0 bridgehead atoms. The second kappa shape index (κ2) is 10.9. The van der Waals surface area contributed by atoms with Gasteiger partial charge in [-0.2, -0.15) is 0 Å². The Hall–Kier alpha value is -3.03. The van der Waals surface area contributed by atoms with E-state index < -0.39 is 0 Å². The first-order valence-corrected chi connectivity index (χ1v) is 12.5. The van der Waals surface area contributed by atoms with Crippen molar-refractivity contribution in [1.29, 1.82) is 0 Å². The summed E-state index contributed by atoms with van der Waals surface area (Å²) in [7, 11) is 0. The van der Waals surface area contributed by atoms with Crippen LogP contribution in [-0.2, 0) is 0 Å². The summed E-state index contributed by atoms with van der Waals surface area (Å²) >= 11 is 0. The van der Waals surface area contributed by atoms with Crippen LogP contribution >= 0.6 is 0 Å². The lowest BCUT2D eigenvalue weighted by molar-refractivity contribution is 0.0992. The molecule has 34 heavy (non-hydrogen) atoms. The number of hydrogen-bond donors (Lipinski definition) is 2. The molecule has 0 radical (unpaired) electrons. The van der Waals surface area contributed by atoms with Crippen molar-refractivity contribution < 1.29 is 4.79 Å². The van der Waals surface area contributed by atoms with Gasteiger partial charge in [-0.05, 0) is 68.9 Å². The Morgan fingerprint density at radius 1 is 1.00 bits per heavy atom. The van der Waals surface area contributed by atoms with E-state index in [0.717, 1.165) is 78.6 Å². The summed E-state index contributed by atoms with van der Waals surface area (Å²) in [6, 6.07) is 12.0. The molecule has 4 rings (SSSR count). The maximum Gasteiger partial charge on any atom is 0.258 e. The van der Waals surface area contributed by atoms with Crippen LogP contribution in [0, 0.1) is 0 Å². The van der Waals surface area contributed by atoms with Crippen molar-refractivity contribution in [2.24, 2.45) is 5.73 Å². The van der Waals surface area contributed by atoms with Crippen LogP contribution < -0.4 is 16.4 Å². The van der Waals surface area contributed by atoms with Crippen molar-refractivity contribution in [3.63, 3.8) is 0 Å². The van der Waals surface area contributed by atoms with E-state index in [9.17, 15) is 4.79 Å². The molecule has 180 valence electrons. The van der Waals surface area contributed by atoms with E-state index in [4.69, 9.17) is 11.5 Å². The lowest BCUT2D eigenvalue weighted by atomic mass is 9.98. The highest BCUT2D eigenvalue weighted by Gasteiger charge is 2.30. The highest BCUT2D eigenvalue weighted by atomic mass is 16.2. The maximum absolute atomic E-state index is 13.2. The number of amides is 1. The first-order valence-electron chi connectivity index (χ1n) is 12.5. The van der Waals surface area contributed by atoms with E-state index in [2.05, 4.69) is 28.7 Å². The Labute approximate surface area is 202 Å². The topological polar surface area (TPSA) is 101 Å².